The van der Waals surface area contributed by atoms with Crippen LogP contribution in [0.2, 0.25) is 0 Å². The van der Waals surface area contributed by atoms with Crippen LogP contribution < -0.4 is 4.74 Å². The summed E-state index contributed by atoms with van der Waals surface area (Å²) in [6, 6.07) is 12.3. The Balaban J connectivity index is 1.67. The average Bonchev–Trinajstić information content (AvgIpc) is 2.48. The van der Waals surface area contributed by atoms with E-state index in [4.69, 9.17) is 9.84 Å². The Kier molecular flexibility index (Phi) is 5.43. The first-order valence-corrected chi connectivity index (χ1v) is 7.24. The van der Waals surface area contributed by atoms with E-state index < -0.39 is 5.97 Å². The fourth-order valence-corrected chi connectivity index (χ4v) is 2.33. The van der Waals surface area contributed by atoms with Crippen LogP contribution in [0.1, 0.15) is 16.8 Å². The standard InChI is InChI=1S/C15H15NO3S/c17-15(18)12-5-7-13(8-6-12)19-10-3-11-20-14-4-1-2-9-16-14/h1-2,4-9H,3,10-11H2,(H,17,18). The molecule has 1 aromatic heterocycles. The second-order valence-electron chi connectivity index (χ2n) is 4.05. The smallest absolute Gasteiger partial charge is 0.335 e. The number of ether oxygens (including phenoxy) is 1. The van der Waals surface area contributed by atoms with Crippen LogP contribution in [0.25, 0.3) is 0 Å². The van der Waals surface area contributed by atoms with E-state index in [9.17, 15) is 4.79 Å². The number of carboxylic acid groups (broad SMARTS) is 1. The molecule has 0 saturated heterocycles. The van der Waals surface area contributed by atoms with Crippen molar-refractivity contribution < 1.29 is 14.6 Å². The minimum absolute atomic E-state index is 0.267. The summed E-state index contributed by atoms with van der Waals surface area (Å²) < 4.78 is 5.55. The third-order valence-electron chi connectivity index (χ3n) is 2.55. The maximum atomic E-state index is 10.7. The number of carboxylic acids is 1. The summed E-state index contributed by atoms with van der Waals surface area (Å²) in [4.78, 5) is 14.9. The predicted molar refractivity (Wildman–Crippen MR) is 78.5 cm³/mol. The number of nitrogens with zero attached hydrogens (tertiary/aromatic N) is 1. The number of hydrogen-bond acceptors (Lipinski definition) is 4. The molecular formula is C15H15NO3S. The molecule has 0 amide bonds. The van der Waals surface area contributed by atoms with Gasteiger partial charge in [0.1, 0.15) is 5.75 Å². The van der Waals surface area contributed by atoms with E-state index in [0.717, 1.165) is 17.2 Å². The second-order valence-corrected chi connectivity index (χ2v) is 5.16. The summed E-state index contributed by atoms with van der Waals surface area (Å²) >= 11 is 1.69. The molecule has 0 aliphatic carbocycles. The van der Waals surface area contributed by atoms with Gasteiger partial charge in [-0.05, 0) is 42.8 Å². The van der Waals surface area contributed by atoms with E-state index in [2.05, 4.69) is 4.98 Å². The summed E-state index contributed by atoms with van der Waals surface area (Å²) in [6.45, 7) is 0.603. The molecule has 104 valence electrons. The Morgan fingerprint density at radius 3 is 2.65 bits per heavy atom. The Hall–Kier alpha value is -2.01. The highest BCUT2D eigenvalue weighted by Crippen LogP contribution is 2.16. The lowest BCUT2D eigenvalue weighted by atomic mass is 10.2. The Labute approximate surface area is 121 Å². The maximum absolute atomic E-state index is 10.7. The number of aromatic carboxylic acids is 1. The van der Waals surface area contributed by atoms with Crippen molar-refractivity contribution in [2.75, 3.05) is 12.4 Å². The molecule has 2 aromatic rings. The molecule has 0 unspecified atom stereocenters. The lowest BCUT2D eigenvalue weighted by molar-refractivity contribution is 0.0697. The van der Waals surface area contributed by atoms with Crippen molar-refractivity contribution in [3.05, 3.63) is 54.2 Å². The molecule has 0 saturated carbocycles. The SMILES string of the molecule is O=C(O)c1ccc(OCCCSc2ccccn2)cc1. The highest BCUT2D eigenvalue weighted by atomic mass is 32.2. The summed E-state index contributed by atoms with van der Waals surface area (Å²) in [5.74, 6) is 0.700. The van der Waals surface area contributed by atoms with Crippen LogP contribution in [-0.4, -0.2) is 28.4 Å². The van der Waals surface area contributed by atoms with E-state index in [-0.39, 0.29) is 5.56 Å². The fraction of sp³-hybridized carbons (Fsp3) is 0.200. The van der Waals surface area contributed by atoms with Gasteiger partial charge >= 0.3 is 5.97 Å². The van der Waals surface area contributed by atoms with Gasteiger partial charge in [0.05, 0.1) is 17.2 Å². The van der Waals surface area contributed by atoms with E-state index in [1.807, 2.05) is 18.2 Å². The monoisotopic (exact) mass is 289 g/mol. The number of pyridine rings is 1. The molecule has 20 heavy (non-hydrogen) atoms. The van der Waals surface area contributed by atoms with Crippen LogP contribution in [0.4, 0.5) is 0 Å². The van der Waals surface area contributed by atoms with Crippen LogP contribution in [0, 0.1) is 0 Å². The molecule has 1 aromatic carbocycles. The first-order chi connectivity index (χ1) is 9.75. The summed E-state index contributed by atoms with van der Waals surface area (Å²) in [7, 11) is 0. The van der Waals surface area contributed by atoms with Gasteiger partial charge in [0.15, 0.2) is 0 Å². The van der Waals surface area contributed by atoms with Crippen molar-refractivity contribution >= 4 is 17.7 Å². The van der Waals surface area contributed by atoms with Gasteiger partial charge in [0.25, 0.3) is 0 Å². The zero-order valence-electron chi connectivity index (χ0n) is 10.9. The maximum Gasteiger partial charge on any atom is 0.335 e. The quantitative estimate of drug-likeness (QED) is 0.625. The molecule has 0 radical (unpaired) electrons. The highest BCUT2D eigenvalue weighted by molar-refractivity contribution is 7.99. The number of rotatable bonds is 7. The van der Waals surface area contributed by atoms with Gasteiger partial charge in [-0.15, -0.1) is 11.8 Å². The molecule has 0 spiro atoms. The molecule has 1 N–H and O–H groups in total. The van der Waals surface area contributed by atoms with Crippen LogP contribution in [-0.2, 0) is 0 Å². The topological polar surface area (TPSA) is 59.4 Å². The number of aromatic nitrogens is 1. The van der Waals surface area contributed by atoms with Crippen molar-refractivity contribution in [2.45, 2.75) is 11.4 Å². The summed E-state index contributed by atoms with van der Waals surface area (Å²) in [6.07, 6.45) is 2.69. The van der Waals surface area contributed by atoms with Gasteiger partial charge in [-0.25, -0.2) is 9.78 Å². The van der Waals surface area contributed by atoms with E-state index >= 15 is 0 Å². The molecule has 4 nitrogen and oxygen atoms in total. The van der Waals surface area contributed by atoms with Crippen molar-refractivity contribution in [2.24, 2.45) is 0 Å². The molecule has 0 fully saturated rings. The van der Waals surface area contributed by atoms with Crippen molar-refractivity contribution in [3.63, 3.8) is 0 Å². The zero-order valence-corrected chi connectivity index (χ0v) is 11.7. The molecular weight excluding hydrogens is 274 g/mol. The van der Waals surface area contributed by atoms with Crippen LogP contribution >= 0.6 is 11.8 Å². The Morgan fingerprint density at radius 2 is 2.00 bits per heavy atom. The lowest BCUT2D eigenvalue weighted by Crippen LogP contribution is -2.00. The van der Waals surface area contributed by atoms with Gasteiger partial charge in [0, 0.05) is 11.9 Å². The Bertz CT molecular complexity index is 543. The number of benzene rings is 1. The van der Waals surface area contributed by atoms with Gasteiger partial charge in [-0.1, -0.05) is 6.07 Å². The van der Waals surface area contributed by atoms with E-state index in [1.54, 1.807) is 42.2 Å². The fourth-order valence-electron chi connectivity index (χ4n) is 1.55. The molecule has 0 atom stereocenters. The minimum Gasteiger partial charge on any atom is -0.494 e. The Morgan fingerprint density at radius 1 is 1.20 bits per heavy atom. The summed E-state index contributed by atoms with van der Waals surface area (Å²) in [5.41, 5.74) is 0.267. The average molecular weight is 289 g/mol. The highest BCUT2D eigenvalue weighted by Gasteiger charge is 2.02. The first kappa shape index (κ1) is 14.4. The van der Waals surface area contributed by atoms with Crippen molar-refractivity contribution in [3.8, 4) is 5.75 Å². The molecule has 2 rings (SSSR count). The van der Waals surface area contributed by atoms with Gasteiger partial charge < -0.3 is 9.84 Å². The summed E-state index contributed by atoms with van der Waals surface area (Å²) in [5, 5.41) is 9.79. The van der Waals surface area contributed by atoms with Gasteiger partial charge in [0.2, 0.25) is 0 Å². The predicted octanol–water partition coefficient (Wildman–Crippen LogP) is 3.34. The van der Waals surface area contributed by atoms with Gasteiger partial charge in [-0.3, -0.25) is 0 Å². The third kappa shape index (κ3) is 4.59. The van der Waals surface area contributed by atoms with Crippen LogP contribution in [0.5, 0.6) is 5.75 Å². The van der Waals surface area contributed by atoms with E-state index in [0.29, 0.717) is 12.4 Å². The number of thioether (sulfide) groups is 1. The van der Waals surface area contributed by atoms with Crippen LogP contribution in [0.3, 0.4) is 0 Å². The number of carbonyl (C=O) groups is 1. The largest absolute Gasteiger partial charge is 0.494 e. The van der Waals surface area contributed by atoms with E-state index in [1.165, 1.54) is 0 Å². The molecule has 0 aliphatic heterocycles. The zero-order chi connectivity index (χ0) is 14.2. The molecule has 1 heterocycles. The third-order valence-corrected chi connectivity index (χ3v) is 3.58. The van der Waals surface area contributed by atoms with Crippen LogP contribution in [0.15, 0.2) is 53.7 Å². The van der Waals surface area contributed by atoms with Gasteiger partial charge in [-0.2, -0.15) is 0 Å². The normalized spacial score (nSPS) is 10.2. The first-order valence-electron chi connectivity index (χ1n) is 6.26. The second kappa shape index (κ2) is 7.55. The van der Waals surface area contributed by atoms with Crippen molar-refractivity contribution in [1.29, 1.82) is 0 Å². The minimum atomic E-state index is -0.927. The molecule has 0 bridgehead atoms. The number of hydrogen-bond donors (Lipinski definition) is 1. The van der Waals surface area contributed by atoms with Crippen molar-refractivity contribution in [1.82, 2.24) is 4.98 Å². The lowest BCUT2D eigenvalue weighted by Gasteiger charge is -2.06. The molecule has 0 aliphatic rings. The molecule has 5 heteroatoms.